The van der Waals surface area contributed by atoms with E-state index < -0.39 is 0 Å². The molecule has 0 saturated heterocycles. The SMILES string of the molecule is CN(Cc1cc(C(C)(C)C)n[nH]1)C(=O)NC(Cn1ccnc1)C(C)(C)C. The summed E-state index contributed by atoms with van der Waals surface area (Å²) in [5, 5.41) is 10.5. The molecule has 0 bridgehead atoms. The normalized spacial score (nSPS) is 13.5. The largest absolute Gasteiger partial charge is 0.335 e. The van der Waals surface area contributed by atoms with Crippen LogP contribution in [-0.2, 0) is 18.5 Å². The van der Waals surface area contributed by atoms with Gasteiger partial charge < -0.3 is 14.8 Å². The molecule has 1 unspecified atom stereocenters. The minimum absolute atomic E-state index is 0.0152. The molecule has 2 N–H and O–H groups in total. The molecule has 2 aromatic rings. The van der Waals surface area contributed by atoms with Crippen LogP contribution < -0.4 is 5.32 Å². The van der Waals surface area contributed by atoms with Gasteiger partial charge in [0.2, 0.25) is 0 Å². The lowest BCUT2D eigenvalue weighted by molar-refractivity contribution is 0.180. The van der Waals surface area contributed by atoms with Gasteiger partial charge in [-0.3, -0.25) is 5.10 Å². The lowest BCUT2D eigenvalue weighted by atomic mass is 9.86. The third-order valence-corrected chi connectivity index (χ3v) is 4.45. The Morgan fingerprint density at radius 2 is 2.00 bits per heavy atom. The smallest absolute Gasteiger partial charge is 0.317 e. The topological polar surface area (TPSA) is 78.8 Å². The van der Waals surface area contributed by atoms with Crippen molar-refractivity contribution in [3.05, 3.63) is 36.2 Å². The predicted molar refractivity (Wildman–Crippen MR) is 103 cm³/mol. The van der Waals surface area contributed by atoms with Crippen molar-refractivity contribution in [3.8, 4) is 0 Å². The van der Waals surface area contributed by atoms with Gasteiger partial charge in [0.1, 0.15) is 0 Å². The number of H-pyrrole nitrogens is 1. The number of nitrogens with zero attached hydrogens (tertiary/aromatic N) is 4. The van der Waals surface area contributed by atoms with Gasteiger partial charge in [0.25, 0.3) is 0 Å². The summed E-state index contributed by atoms with van der Waals surface area (Å²) in [7, 11) is 1.80. The van der Waals surface area contributed by atoms with Crippen molar-refractivity contribution < 1.29 is 4.79 Å². The molecule has 2 rings (SSSR count). The molecule has 2 aromatic heterocycles. The van der Waals surface area contributed by atoms with Gasteiger partial charge in [-0.1, -0.05) is 41.5 Å². The fourth-order valence-corrected chi connectivity index (χ4v) is 2.55. The molecule has 1 atom stereocenters. The molecule has 7 heteroatoms. The highest BCUT2D eigenvalue weighted by atomic mass is 16.2. The Bertz CT molecular complexity index is 705. The van der Waals surface area contributed by atoms with Crippen LogP contribution in [0.2, 0.25) is 0 Å². The molecule has 0 aliphatic heterocycles. The molecule has 0 spiro atoms. The number of hydrogen-bond acceptors (Lipinski definition) is 3. The average Bonchev–Trinajstić information content (AvgIpc) is 3.16. The molecule has 0 aliphatic rings. The van der Waals surface area contributed by atoms with Crippen LogP contribution in [0.25, 0.3) is 0 Å². The number of aromatic amines is 1. The van der Waals surface area contributed by atoms with Crippen molar-refractivity contribution >= 4 is 6.03 Å². The van der Waals surface area contributed by atoms with Crippen molar-refractivity contribution in [2.75, 3.05) is 7.05 Å². The molecule has 0 saturated carbocycles. The van der Waals surface area contributed by atoms with E-state index in [-0.39, 0.29) is 22.9 Å². The van der Waals surface area contributed by atoms with Gasteiger partial charge in [-0.2, -0.15) is 5.10 Å². The van der Waals surface area contributed by atoms with E-state index in [1.54, 1.807) is 24.5 Å². The minimum Gasteiger partial charge on any atom is -0.335 e. The quantitative estimate of drug-likeness (QED) is 0.859. The number of nitrogens with one attached hydrogen (secondary N) is 2. The summed E-state index contributed by atoms with van der Waals surface area (Å²) in [5.74, 6) is 0. The summed E-state index contributed by atoms with van der Waals surface area (Å²) in [5.41, 5.74) is 1.83. The molecule has 0 aromatic carbocycles. The van der Waals surface area contributed by atoms with Crippen LogP contribution in [-0.4, -0.2) is 43.8 Å². The molecule has 2 heterocycles. The standard InChI is InChI=1S/C19H32N6O/c1-18(2,3)15-10-14(22-23-15)11-24(7)17(26)21-16(19(4,5)6)12-25-9-8-20-13-25/h8-10,13,16H,11-12H2,1-7H3,(H,21,26)(H,22,23). The number of amides is 2. The Hall–Kier alpha value is -2.31. The summed E-state index contributed by atoms with van der Waals surface area (Å²) in [6, 6.07) is 1.91. The van der Waals surface area contributed by atoms with E-state index in [0.29, 0.717) is 13.1 Å². The zero-order chi connectivity index (χ0) is 19.5. The Labute approximate surface area is 156 Å². The predicted octanol–water partition coefficient (Wildman–Crippen LogP) is 3.16. The first-order chi connectivity index (χ1) is 12.0. The van der Waals surface area contributed by atoms with Crippen LogP contribution in [0.15, 0.2) is 24.8 Å². The van der Waals surface area contributed by atoms with E-state index in [0.717, 1.165) is 11.4 Å². The first-order valence-corrected chi connectivity index (χ1v) is 8.99. The fourth-order valence-electron chi connectivity index (χ4n) is 2.55. The van der Waals surface area contributed by atoms with Crippen molar-refractivity contribution in [2.24, 2.45) is 5.41 Å². The van der Waals surface area contributed by atoms with E-state index >= 15 is 0 Å². The van der Waals surface area contributed by atoms with Gasteiger partial charge in [-0.15, -0.1) is 0 Å². The number of urea groups is 1. The molecular formula is C19H32N6O. The number of aromatic nitrogens is 4. The third kappa shape index (κ3) is 5.34. The van der Waals surface area contributed by atoms with E-state index in [1.165, 1.54) is 0 Å². The fraction of sp³-hybridized carbons (Fsp3) is 0.632. The maximum absolute atomic E-state index is 12.7. The number of hydrogen-bond donors (Lipinski definition) is 2. The highest BCUT2D eigenvalue weighted by Crippen LogP contribution is 2.22. The second kappa shape index (κ2) is 7.51. The molecule has 26 heavy (non-hydrogen) atoms. The monoisotopic (exact) mass is 360 g/mol. The highest BCUT2D eigenvalue weighted by Gasteiger charge is 2.28. The molecule has 144 valence electrons. The van der Waals surface area contributed by atoms with E-state index in [9.17, 15) is 4.79 Å². The zero-order valence-corrected chi connectivity index (χ0v) is 17.0. The summed E-state index contributed by atoms with van der Waals surface area (Å²) in [4.78, 5) is 18.4. The lowest BCUT2D eigenvalue weighted by Gasteiger charge is -2.33. The zero-order valence-electron chi connectivity index (χ0n) is 17.0. The van der Waals surface area contributed by atoms with Crippen LogP contribution in [0.4, 0.5) is 4.79 Å². The molecule has 2 amide bonds. The van der Waals surface area contributed by atoms with Gasteiger partial charge in [0.05, 0.1) is 30.3 Å². The Morgan fingerprint density at radius 3 is 2.50 bits per heavy atom. The van der Waals surface area contributed by atoms with Crippen molar-refractivity contribution in [1.29, 1.82) is 0 Å². The van der Waals surface area contributed by atoms with E-state index in [2.05, 4.69) is 62.0 Å². The molecule has 0 aliphatic carbocycles. The number of carbonyl (C=O) groups is 1. The van der Waals surface area contributed by atoms with E-state index in [1.807, 2.05) is 16.8 Å². The van der Waals surface area contributed by atoms with Crippen LogP contribution in [0.1, 0.15) is 52.9 Å². The molecule has 7 nitrogen and oxygen atoms in total. The van der Waals surface area contributed by atoms with Gasteiger partial charge in [-0.05, 0) is 11.5 Å². The van der Waals surface area contributed by atoms with Crippen molar-refractivity contribution in [3.63, 3.8) is 0 Å². The Balaban J connectivity index is 2.00. The van der Waals surface area contributed by atoms with Gasteiger partial charge in [0, 0.05) is 31.4 Å². The lowest BCUT2D eigenvalue weighted by Crippen LogP contribution is -2.50. The Kier molecular flexibility index (Phi) is 5.78. The number of carbonyl (C=O) groups excluding carboxylic acids is 1. The van der Waals surface area contributed by atoms with Gasteiger partial charge >= 0.3 is 6.03 Å². The number of rotatable bonds is 5. The average molecular weight is 361 g/mol. The van der Waals surface area contributed by atoms with Crippen LogP contribution >= 0.6 is 0 Å². The van der Waals surface area contributed by atoms with Crippen LogP contribution in [0.3, 0.4) is 0 Å². The van der Waals surface area contributed by atoms with E-state index in [4.69, 9.17) is 0 Å². The van der Waals surface area contributed by atoms with Gasteiger partial charge in [0.15, 0.2) is 0 Å². The minimum atomic E-state index is -0.100. The molecule has 0 radical (unpaired) electrons. The summed E-state index contributed by atoms with van der Waals surface area (Å²) in [6.07, 6.45) is 5.43. The second-order valence-corrected chi connectivity index (χ2v) is 9.01. The van der Waals surface area contributed by atoms with Crippen molar-refractivity contribution in [1.82, 2.24) is 30.0 Å². The summed E-state index contributed by atoms with van der Waals surface area (Å²) >= 11 is 0. The second-order valence-electron chi connectivity index (χ2n) is 9.01. The third-order valence-electron chi connectivity index (χ3n) is 4.45. The maximum Gasteiger partial charge on any atom is 0.317 e. The van der Waals surface area contributed by atoms with Crippen LogP contribution in [0.5, 0.6) is 0 Å². The first kappa shape index (κ1) is 20.0. The summed E-state index contributed by atoms with van der Waals surface area (Å²) in [6.45, 7) is 13.9. The first-order valence-electron chi connectivity index (χ1n) is 8.99. The van der Waals surface area contributed by atoms with Gasteiger partial charge in [-0.25, -0.2) is 9.78 Å². The Morgan fingerprint density at radius 1 is 1.31 bits per heavy atom. The van der Waals surface area contributed by atoms with Crippen LogP contribution in [0, 0.1) is 5.41 Å². The molecule has 0 fully saturated rings. The summed E-state index contributed by atoms with van der Waals surface area (Å²) < 4.78 is 1.99. The molecular weight excluding hydrogens is 328 g/mol. The number of imidazole rings is 1. The maximum atomic E-state index is 12.7. The van der Waals surface area contributed by atoms with Crippen molar-refractivity contribution in [2.45, 2.75) is 66.1 Å². The highest BCUT2D eigenvalue weighted by molar-refractivity contribution is 5.74.